The number of hydrogen-bond donors (Lipinski definition) is 2. The third-order valence-electron chi connectivity index (χ3n) is 3.87. The molecule has 104 valence electrons. The third-order valence-corrected chi connectivity index (χ3v) is 3.87. The Labute approximate surface area is 115 Å². The molecule has 0 spiro atoms. The molecule has 1 amide bonds. The number of carbonyl (C=O) groups excluding carboxylic acids is 1. The first kappa shape index (κ1) is 14.1. The topological polar surface area (TPSA) is 55.1 Å². The fraction of sp³-hybridized carbons (Fsp3) is 0.562. The van der Waals surface area contributed by atoms with Gasteiger partial charge >= 0.3 is 0 Å². The second-order valence-corrected chi connectivity index (χ2v) is 5.68. The van der Waals surface area contributed by atoms with Gasteiger partial charge in [0, 0.05) is 6.04 Å². The van der Waals surface area contributed by atoms with Crippen LogP contribution in [-0.4, -0.2) is 11.9 Å². The van der Waals surface area contributed by atoms with Crippen molar-refractivity contribution < 1.29 is 4.79 Å². The van der Waals surface area contributed by atoms with Gasteiger partial charge in [0.15, 0.2) is 0 Å². The SMILES string of the molecule is CCC(CC1CC1)NC(=O)C(N)c1ccc(C)cc1. The molecule has 0 radical (unpaired) electrons. The second kappa shape index (κ2) is 6.20. The lowest BCUT2D eigenvalue weighted by molar-refractivity contribution is -0.123. The molecule has 1 saturated carbocycles. The Hall–Kier alpha value is -1.35. The predicted molar refractivity (Wildman–Crippen MR) is 77.7 cm³/mol. The average Bonchev–Trinajstić information content (AvgIpc) is 3.22. The van der Waals surface area contributed by atoms with Gasteiger partial charge in [0.2, 0.25) is 5.91 Å². The van der Waals surface area contributed by atoms with E-state index in [0.717, 1.165) is 24.3 Å². The van der Waals surface area contributed by atoms with Crippen molar-refractivity contribution in [3.8, 4) is 0 Å². The van der Waals surface area contributed by atoms with E-state index in [4.69, 9.17) is 5.73 Å². The van der Waals surface area contributed by atoms with Crippen LogP contribution in [0, 0.1) is 12.8 Å². The van der Waals surface area contributed by atoms with Gasteiger partial charge in [-0.05, 0) is 31.2 Å². The first-order valence-corrected chi connectivity index (χ1v) is 7.22. The van der Waals surface area contributed by atoms with E-state index >= 15 is 0 Å². The fourth-order valence-corrected chi connectivity index (χ4v) is 2.30. The molecule has 3 N–H and O–H groups in total. The molecule has 0 saturated heterocycles. The Kier molecular flexibility index (Phi) is 4.59. The van der Waals surface area contributed by atoms with Crippen molar-refractivity contribution in [2.24, 2.45) is 11.7 Å². The van der Waals surface area contributed by atoms with Gasteiger partial charge in [-0.15, -0.1) is 0 Å². The zero-order chi connectivity index (χ0) is 13.8. The molecule has 0 aromatic heterocycles. The van der Waals surface area contributed by atoms with E-state index in [1.165, 1.54) is 18.4 Å². The molecule has 1 aliphatic rings. The summed E-state index contributed by atoms with van der Waals surface area (Å²) in [4.78, 5) is 12.2. The summed E-state index contributed by atoms with van der Waals surface area (Å²) in [7, 11) is 0. The van der Waals surface area contributed by atoms with Crippen LogP contribution in [0.25, 0.3) is 0 Å². The molecular weight excluding hydrogens is 236 g/mol. The molecule has 3 nitrogen and oxygen atoms in total. The number of nitrogens with one attached hydrogen (secondary N) is 1. The van der Waals surface area contributed by atoms with E-state index in [9.17, 15) is 4.79 Å². The van der Waals surface area contributed by atoms with E-state index < -0.39 is 6.04 Å². The molecule has 1 aromatic rings. The van der Waals surface area contributed by atoms with E-state index in [-0.39, 0.29) is 11.9 Å². The first-order chi connectivity index (χ1) is 9.10. The van der Waals surface area contributed by atoms with E-state index in [1.54, 1.807) is 0 Å². The third kappa shape index (κ3) is 4.06. The van der Waals surface area contributed by atoms with Gasteiger partial charge in [-0.25, -0.2) is 0 Å². The lowest BCUT2D eigenvalue weighted by Gasteiger charge is -2.20. The molecule has 0 bridgehead atoms. The van der Waals surface area contributed by atoms with Crippen LogP contribution >= 0.6 is 0 Å². The normalized spacial score (nSPS) is 17.8. The summed E-state index contributed by atoms with van der Waals surface area (Å²) in [6.45, 7) is 4.14. The second-order valence-electron chi connectivity index (χ2n) is 5.68. The summed E-state index contributed by atoms with van der Waals surface area (Å²) < 4.78 is 0. The van der Waals surface area contributed by atoms with Crippen LogP contribution < -0.4 is 11.1 Å². The maximum Gasteiger partial charge on any atom is 0.241 e. The number of carbonyl (C=O) groups is 1. The lowest BCUT2D eigenvalue weighted by Crippen LogP contribution is -2.40. The first-order valence-electron chi connectivity index (χ1n) is 7.22. The highest BCUT2D eigenvalue weighted by atomic mass is 16.2. The van der Waals surface area contributed by atoms with Crippen LogP contribution in [0.4, 0.5) is 0 Å². The predicted octanol–water partition coefficient (Wildman–Crippen LogP) is 2.69. The van der Waals surface area contributed by atoms with E-state index in [2.05, 4.69) is 12.2 Å². The molecule has 0 heterocycles. The Morgan fingerprint density at radius 3 is 2.53 bits per heavy atom. The van der Waals surface area contributed by atoms with Gasteiger partial charge in [0.25, 0.3) is 0 Å². The summed E-state index contributed by atoms with van der Waals surface area (Å²) in [6, 6.07) is 7.56. The van der Waals surface area contributed by atoms with Gasteiger partial charge in [-0.3, -0.25) is 4.79 Å². The van der Waals surface area contributed by atoms with Crippen LogP contribution in [-0.2, 0) is 4.79 Å². The van der Waals surface area contributed by atoms with Gasteiger partial charge < -0.3 is 11.1 Å². The molecule has 2 unspecified atom stereocenters. The van der Waals surface area contributed by atoms with Crippen molar-refractivity contribution >= 4 is 5.91 Å². The Bertz CT molecular complexity index is 423. The Morgan fingerprint density at radius 1 is 1.37 bits per heavy atom. The molecule has 2 rings (SSSR count). The minimum Gasteiger partial charge on any atom is -0.352 e. The lowest BCUT2D eigenvalue weighted by atomic mass is 10.0. The van der Waals surface area contributed by atoms with Gasteiger partial charge in [0.1, 0.15) is 6.04 Å². The summed E-state index contributed by atoms with van der Waals surface area (Å²) in [5.74, 6) is 0.761. The summed E-state index contributed by atoms with van der Waals surface area (Å²) in [6.07, 6.45) is 4.71. The molecule has 1 fully saturated rings. The number of hydrogen-bond acceptors (Lipinski definition) is 2. The van der Waals surface area contributed by atoms with Crippen LogP contribution in [0.5, 0.6) is 0 Å². The number of amides is 1. The zero-order valence-corrected chi connectivity index (χ0v) is 11.9. The Morgan fingerprint density at radius 2 is 2.00 bits per heavy atom. The smallest absolute Gasteiger partial charge is 0.241 e. The molecule has 3 heteroatoms. The highest BCUT2D eigenvalue weighted by Crippen LogP contribution is 2.34. The maximum absolute atomic E-state index is 12.2. The zero-order valence-electron chi connectivity index (χ0n) is 11.9. The summed E-state index contributed by atoms with van der Waals surface area (Å²) >= 11 is 0. The minimum absolute atomic E-state index is 0.0589. The molecule has 0 aliphatic heterocycles. The summed E-state index contributed by atoms with van der Waals surface area (Å²) in [5, 5.41) is 3.09. The van der Waals surface area contributed by atoms with Crippen molar-refractivity contribution in [2.45, 2.75) is 51.6 Å². The molecular formula is C16H24N2O. The number of rotatable bonds is 6. The van der Waals surface area contributed by atoms with E-state index in [0.29, 0.717) is 0 Å². The van der Waals surface area contributed by atoms with Crippen molar-refractivity contribution in [2.75, 3.05) is 0 Å². The van der Waals surface area contributed by atoms with Crippen LogP contribution in [0.1, 0.15) is 49.8 Å². The van der Waals surface area contributed by atoms with Crippen LogP contribution in [0.15, 0.2) is 24.3 Å². The summed E-state index contributed by atoms with van der Waals surface area (Å²) in [5.41, 5.74) is 8.08. The van der Waals surface area contributed by atoms with E-state index in [1.807, 2.05) is 31.2 Å². The molecule has 1 aliphatic carbocycles. The largest absolute Gasteiger partial charge is 0.352 e. The number of benzene rings is 1. The standard InChI is InChI=1S/C16H24N2O/c1-3-14(10-12-6-7-12)18-16(19)15(17)13-8-4-11(2)5-9-13/h4-5,8-9,12,14-15H,3,6-7,10,17H2,1-2H3,(H,18,19). The van der Waals surface area contributed by atoms with Gasteiger partial charge in [-0.1, -0.05) is 49.6 Å². The molecule has 19 heavy (non-hydrogen) atoms. The maximum atomic E-state index is 12.2. The van der Waals surface area contributed by atoms with Crippen molar-refractivity contribution in [3.05, 3.63) is 35.4 Å². The minimum atomic E-state index is -0.561. The molecule has 1 aromatic carbocycles. The Balaban J connectivity index is 1.91. The molecule has 2 atom stereocenters. The van der Waals surface area contributed by atoms with Crippen molar-refractivity contribution in [1.82, 2.24) is 5.32 Å². The van der Waals surface area contributed by atoms with Gasteiger partial charge in [-0.2, -0.15) is 0 Å². The quantitative estimate of drug-likeness (QED) is 0.826. The van der Waals surface area contributed by atoms with Crippen LogP contribution in [0.3, 0.4) is 0 Å². The van der Waals surface area contributed by atoms with Gasteiger partial charge in [0.05, 0.1) is 0 Å². The number of aryl methyl sites for hydroxylation is 1. The monoisotopic (exact) mass is 260 g/mol. The van der Waals surface area contributed by atoms with Crippen LogP contribution in [0.2, 0.25) is 0 Å². The average molecular weight is 260 g/mol. The highest BCUT2D eigenvalue weighted by Gasteiger charge is 2.26. The number of nitrogens with two attached hydrogens (primary N) is 1. The fourth-order valence-electron chi connectivity index (χ4n) is 2.30. The van der Waals surface area contributed by atoms with Crippen molar-refractivity contribution in [3.63, 3.8) is 0 Å². The highest BCUT2D eigenvalue weighted by molar-refractivity contribution is 5.83. The van der Waals surface area contributed by atoms with Crippen molar-refractivity contribution in [1.29, 1.82) is 0 Å².